The van der Waals surface area contributed by atoms with Gasteiger partial charge in [-0.2, -0.15) is 4.98 Å². The molecule has 0 aliphatic carbocycles. The Labute approximate surface area is 153 Å². The Morgan fingerprint density at radius 2 is 2.00 bits per heavy atom. The van der Waals surface area contributed by atoms with Gasteiger partial charge in [0.1, 0.15) is 24.1 Å². The number of aliphatic hydroxyl groups is 3. The van der Waals surface area contributed by atoms with Gasteiger partial charge in [0.15, 0.2) is 6.23 Å². The summed E-state index contributed by atoms with van der Waals surface area (Å²) in [5.41, 5.74) is 4.63. The van der Waals surface area contributed by atoms with Crippen molar-refractivity contribution in [2.45, 2.75) is 24.5 Å². The number of anilines is 1. The van der Waals surface area contributed by atoms with Crippen molar-refractivity contribution in [3.63, 3.8) is 0 Å². The summed E-state index contributed by atoms with van der Waals surface area (Å²) in [6.45, 7) is -0.453. The van der Waals surface area contributed by atoms with Crippen molar-refractivity contribution in [3.05, 3.63) is 22.7 Å². The molecule has 0 amide bonds. The zero-order valence-corrected chi connectivity index (χ0v) is 8.80. The first-order valence-corrected chi connectivity index (χ1v) is 5.01. The van der Waals surface area contributed by atoms with Gasteiger partial charge in [0.05, 0.1) is 6.61 Å². The van der Waals surface area contributed by atoms with Crippen LogP contribution in [0.15, 0.2) is 17.1 Å². The Morgan fingerprint density at radius 3 is 2.47 bits per heavy atom. The van der Waals surface area contributed by atoms with Crippen molar-refractivity contribution < 1.29 is 20.1 Å². The molecule has 19 heavy (non-hydrogen) atoms. The van der Waals surface area contributed by atoms with Crippen LogP contribution in [0.4, 0.5) is 5.82 Å². The third-order valence-electron chi connectivity index (χ3n) is 2.64. The van der Waals surface area contributed by atoms with Crippen LogP contribution < -0.4 is 11.4 Å². The number of nitrogens with zero attached hydrogens (tertiary/aromatic N) is 2. The van der Waals surface area contributed by atoms with Gasteiger partial charge in [-0.15, -0.1) is 0 Å². The first-order chi connectivity index (χ1) is 8.04. The maximum atomic E-state index is 11.5. The number of rotatable bonds is 2. The van der Waals surface area contributed by atoms with E-state index in [1.54, 1.807) is 0 Å². The van der Waals surface area contributed by atoms with E-state index in [2.05, 4.69) is 4.98 Å². The summed E-state index contributed by atoms with van der Waals surface area (Å²) in [6.07, 6.45) is -3.27. The molecular weight excluding hydrogens is 276 g/mol. The molecule has 0 unspecified atom stereocenters. The Bertz CT molecular complexity index is 471. The van der Waals surface area contributed by atoms with E-state index in [1.807, 2.05) is 0 Å². The second kappa shape index (κ2) is 8.08. The van der Waals surface area contributed by atoms with Crippen LogP contribution in [-0.2, 0) is 4.74 Å². The molecule has 1 aliphatic rings. The molecule has 5 N–H and O–H groups in total. The van der Waals surface area contributed by atoms with Crippen LogP contribution in [0.25, 0.3) is 0 Å². The third-order valence-corrected chi connectivity index (χ3v) is 2.64. The summed E-state index contributed by atoms with van der Waals surface area (Å²) >= 11 is 0. The zero-order chi connectivity index (χ0) is 12.6. The average Bonchev–Trinajstić information content (AvgIpc) is 2.57. The topological polar surface area (TPSA) is 131 Å². The van der Waals surface area contributed by atoms with Gasteiger partial charge in [0.25, 0.3) is 0 Å². The van der Waals surface area contributed by atoms with E-state index in [1.165, 1.54) is 12.3 Å². The summed E-state index contributed by atoms with van der Waals surface area (Å²) in [5.74, 6) is 0.0537. The summed E-state index contributed by atoms with van der Waals surface area (Å²) < 4.78 is 6.19. The third kappa shape index (κ3) is 4.01. The quantitative estimate of drug-likeness (QED) is 0.410. The molecule has 98 valence electrons. The van der Waals surface area contributed by atoms with Crippen molar-refractivity contribution in [1.82, 2.24) is 9.55 Å². The molecule has 0 radical (unpaired) electrons. The van der Waals surface area contributed by atoms with Crippen LogP contribution in [-0.4, -0.2) is 109 Å². The number of aromatic nitrogens is 2. The number of ether oxygens (including phenoxy) is 1. The molecule has 0 bridgehead atoms. The van der Waals surface area contributed by atoms with Crippen molar-refractivity contribution in [1.29, 1.82) is 0 Å². The molecule has 10 heteroatoms. The van der Waals surface area contributed by atoms with Crippen molar-refractivity contribution in [3.8, 4) is 0 Å². The van der Waals surface area contributed by atoms with Gasteiger partial charge in [-0.1, -0.05) is 0 Å². The average molecular weight is 291 g/mol. The summed E-state index contributed by atoms with van der Waals surface area (Å²) in [7, 11) is 0. The van der Waals surface area contributed by atoms with E-state index in [-0.39, 0.29) is 64.9 Å². The second-order valence-corrected chi connectivity index (χ2v) is 3.77. The van der Waals surface area contributed by atoms with Crippen LogP contribution >= 0.6 is 0 Å². The fourth-order valence-corrected chi connectivity index (χ4v) is 1.73. The molecule has 4 atom stereocenters. The van der Waals surface area contributed by atoms with E-state index in [9.17, 15) is 15.0 Å². The molecule has 1 aromatic heterocycles. The number of hydrogen-bond donors (Lipinski definition) is 4. The van der Waals surface area contributed by atoms with Crippen molar-refractivity contribution >= 4 is 64.9 Å². The number of hydrogen-bond acceptors (Lipinski definition) is 7. The molecule has 2 heterocycles. The summed E-state index contributed by atoms with van der Waals surface area (Å²) in [6, 6.07) is 1.37. The maximum absolute atomic E-state index is 11.5. The molecule has 1 fully saturated rings. The van der Waals surface area contributed by atoms with Crippen LogP contribution in [0.5, 0.6) is 0 Å². The Kier molecular flexibility index (Phi) is 8.30. The van der Waals surface area contributed by atoms with Gasteiger partial charge in [-0.05, 0) is 6.07 Å². The number of nitrogens with two attached hydrogens (primary N) is 1. The molecule has 1 aliphatic heterocycles. The second-order valence-electron chi connectivity index (χ2n) is 3.77. The van der Waals surface area contributed by atoms with Gasteiger partial charge in [0, 0.05) is 6.20 Å². The van der Waals surface area contributed by atoms with E-state index in [0.717, 1.165) is 4.57 Å². The first-order valence-electron chi connectivity index (χ1n) is 5.01. The summed E-state index contributed by atoms with van der Waals surface area (Å²) in [5, 5.41) is 28.2. The normalized spacial score (nSPS) is 29.4. The minimum atomic E-state index is -1.31. The van der Waals surface area contributed by atoms with Crippen molar-refractivity contribution in [2.75, 3.05) is 12.3 Å². The Hall–Kier alpha value is 0.520. The van der Waals surface area contributed by atoms with Crippen LogP contribution in [0.3, 0.4) is 0 Å². The van der Waals surface area contributed by atoms with Crippen LogP contribution in [0, 0.1) is 0 Å². The van der Waals surface area contributed by atoms with E-state index < -0.39 is 36.8 Å². The fraction of sp³-hybridized carbons (Fsp3) is 0.556. The van der Waals surface area contributed by atoms with Gasteiger partial charge in [-0.3, -0.25) is 4.57 Å². The molecule has 1 aromatic rings. The van der Waals surface area contributed by atoms with Gasteiger partial charge in [0.2, 0.25) is 0 Å². The molecule has 2 rings (SSSR count). The Morgan fingerprint density at radius 1 is 1.37 bits per heavy atom. The minimum absolute atomic E-state index is 0. The summed E-state index contributed by atoms with van der Waals surface area (Å²) in [4.78, 5) is 15.0. The molecule has 1 saturated heterocycles. The SMILES string of the molecule is Nc1ccn([C@@H]2O[C@H](CO)[C@@H](O)[C@H]2O)c(=O)n1.[NaH].[NaH]. The molecule has 8 nitrogen and oxygen atoms in total. The zero-order valence-electron chi connectivity index (χ0n) is 8.80. The van der Waals surface area contributed by atoms with Crippen molar-refractivity contribution in [2.24, 2.45) is 0 Å². The predicted molar refractivity (Wildman–Crippen MR) is 70.2 cm³/mol. The first kappa shape index (κ1) is 19.5. The van der Waals surface area contributed by atoms with E-state index >= 15 is 0 Å². The van der Waals surface area contributed by atoms with Crippen LogP contribution in [0.2, 0.25) is 0 Å². The molecule has 0 spiro atoms. The van der Waals surface area contributed by atoms with Gasteiger partial charge in [-0.25, -0.2) is 4.79 Å². The Balaban J connectivity index is 0.00000162. The van der Waals surface area contributed by atoms with Gasteiger partial charge >= 0.3 is 64.8 Å². The fourth-order valence-electron chi connectivity index (χ4n) is 1.73. The van der Waals surface area contributed by atoms with Crippen LogP contribution in [0.1, 0.15) is 6.23 Å². The number of aliphatic hydroxyl groups excluding tert-OH is 3. The standard InChI is InChI=1S/C9H13N3O5.2Na.2H/c10-5-1-2-12(9(16)11-5)8-7(15)6(14)4(3-13)17-8;;;;/h1-2,4,6-8,13-15H,3H2,(H2,10,11,16);;;;/t4-,6-,7-,8-;;;;/m1..../s1. The molecular formula is C9H15N3Na2O5. The van der Waals surface area contributed by atoms with Gasteiger partial charge < -0.3 is 25.8 Å². The molecule has 0 saturated carbocycles. The number of nitrogen functional groups attached to an aromatic ring is 1. The van der Waals surface area contributed by atoms with E-state index in [4.69, 9.17) is 15.6 Å². The molecule has 0 aromatic carbocycles. The van der Waals surface area contributed by atoms with E-state index in [0.29, 0.717) is 0 Å². The monoisotopic (exact) mass is 291 g/mol. The predicted octanol–water partition coefficient (Wildman–Crippen LogP) is -3.86.